The van der Waals surface area contributed by atoms with Gasteiger partial charge < -0.3 is 24.6 Å². The van der Waals surface area contributed by atoms with Crippen LogP contribution in [0.15, 0.2) is 48.0 Å². The lowest BCUT2D eigenvalue weighted by Gasteiger charge is -2.33. The van der Waals surface area contributed by atoms with E-state index in [1.165, 1.54) is 11.2 Å². The molecule has 4 aliphatic rings. The number of piperidine rings is 1. The van der Waals surface area contributed by atoms with Gasteiger partial charge in [-0.3, -0.25) is 0 Å². The summed E-state index contributed by atoms with van der Waals surface area (Å²) in [6, 6.07) is 0. The van der Waals surface area contributed by atoms with Crippen LogP contribution in [0.1, 0.15) is 32.1 Å². The molecule has 26 heavy (non-hydrogen) atoms. The predicted molar refractivity (Wildman–Crippen MR) is 93.4 cm³/mol. The van der Waals surface area contributed by atoms with Gasteiger partial charge in [0, 0.05) is 6.42 Å². The first-order valence-corrected chi connectivity index (χ1v) is 9.14. The number of rotatable bonds is 4. The Labute approximate surface area is 152 Å². The molecule has 0 unspecified atom stereocenters. The van der Waals surface area contributed by atoms with Crippen molar-refractivity contribution in [3.63, 3.8) is 0 Å². The van der Waals surface area contributed by atoms with Gasteiger partial charge in [-0.15, -0.1) is 0 Å². The molecular weight excluding hydrogens is 336 g/mol. The summed E-state index contributed by atoms with van der Waals surface area (Å²) in [7, 11) is 0. The smallest absolute Gasteiger partial charge is 0.417 e. The third kappa shape index (κ3) is 3.64. The number of nitrogens with zero attached hydrogens (tertiary/aromatic N) is 1. The second-order valence-electron chi connectivity index (χ2n) is 7.13. The number of allylic oxidation sites excluding steroid dienone is 4. The van der Waals surface area contributed by atoms with Crippen LogP contribution < -0.4 is 5.32 Å². The summed E-state index contributed by atoms with van der Waals surface area (Å²) < 4.78 is 16.7. The number of carbonyl (C=O) groups is 1. The summed E-state index contributed by atoms with van der Waals surface area (Å²) in [6.45, 7) is 1.90. The molecular formula is C19H24N2O5. The maximum Gasteiger partial charge on any atom is 0.417 e. The Hall–Kier alpha value is -2.25. The van der Waals surface area contributed by atoms with Gasteiger partial charge in [0.05, 0.1) is 12.1 Å². The van der Waals surface area contributed by atoms with Gasteiger partial charge >= 0.3 is 6.09 Å². The first-order valence-electron chi connectivity index (χ1n) is 9.14. The van der Waals surface area contributed by atoms with E-state index in [0.717, 1.165) is 31.5 Å². The monoisotopic (exact) mass is 360 g/mol. The summed E-state index contributed by atoms with van der Waals surface area (Å²) in [5.74, 6) is 0.933. The van der Waals surface area contributed by atoms with Crippen molar-refractivity contribution in [2.75, 3.05) is 19.6 Å². The van der Waals surface area contributed by atoms with Gasteiger partial charge in [0.2, 0.25) is 5.88 Å². The third-order valence-electron chi connectivity index (χ3n) is 5.17. The molecule has 0 aromatic rings. The highest BCUT2D eigenvalue weighted by atomic mass is 16.6. The molecule has 2 fully saturated rings. The molecule has 7 nitrogen and oxygen atoms in total. The number of amides is 1. The molecule has 0 saturated carbocycles. The van der Waals surface area contributed by atoms with Crippen LogP contribution in [0, 0.1) is 0 Å². The molecule has 0 aromatic carbocycles. The summed E-state index contributed by atoms with van der Waals surface area (Å²) in [4.78, 5) is 13.7. The van der Waals surface area contributed by atoms with Crippen LogP contribution in [0.3, 0.4) is 0 Å². The molecule has 1 atom stereocenters. The zero-order valence-corrected chi connectivity index (χ0v) is 14.6. The van der Waals surface area contributed by atoms with Crippen LogP contribution in [0.5, 0.6) is 0 Å². The Balaban J connectivity index is 1.39. The summed E-state index contributed by atoms with van der Waals surface area (Å²) >= 11 is 0. The third-order valence-corrected chi connectivity index (χ3v) is 5.17. The van der Waals surface area contributed by atoms with E-state index in [-0.39, 0.29) is 6.10 Å². The lowest BCUT2D eigenvalue weighted by Crippen LogP contribution is -2.44. The van der Waals surface area contributed by atoms with Gasteiger partial charge in [-0.05, 0) is 44.3 Å². The maximum atomic E-state index is 12.3. The molecule has 0 spiro atoms. The van der Waals surface area contributed by atoms with E-state index in [9.17, 15) is 9.90 Å². The molecule has 140 valence electrons. The molecule has 4 rings (SSSR count). The maximum absolute atomic E-state index is 12.3. The minimum absolute atomic E-state index is 0.322. The Bertz CT molecular complexity index is 688. The fraction of sp³-hybridized carbons (Fsp3) is 0.526. The number of hydrogen-bond donors (Lipinski definition) is 2. The zero-order chi connectivity index (χ0) is 18.0. The zero-order valence-electron chi connectivity index (χ0n) is 14.6. The molecule has 3 aliphatic heterocycles. The topological polar surface area (TPSA) is 80.3 Å². The Morgan fingerprint density at radius 2 is 2.15 bits per heavy atom. The van der Waals surface area contributed by atoms with E-state index in [2.05, 4.69) is 11.4 Å². The highest BCUT2D eigenvalue weighted by Crippen LogP contribution is 2.32. The normalized spacial score (nSPS) is 27.7. The molecule has 0 bridgehead atoms. The van der Waals surface area contributed by atoms with Gasteiger partial charge in [-0.2, -0.15) is 0 Å². The number of ether oxygens (including phenoxy) is 3. The minimum Gasteiger partial charge on any atom is -0.463 e. The Kier molecular flexibility index (Phi) is 4.74. The number of hydrogen-bond acceptors (Lipinski definition) is 6. The number of carbonyl (C=O) groups excluding carboxylic acids is 1. The van der Waals surface area contributed by atoms with Crippen molar-refractivity contribution in [3.8, 4) is 0 Å². The van der Waals surface area contributed by atoms with E-state index < -0.39 is 11.7 Å². The molecule has 2 N–H and O–H groups in total. The quantitative estimate of drug-likeness (QED) is 0.801. The number of aliphatic hydroxyl groups is 1. The van der Waals surface area contributed by atoms with Gasteiger partial charge in [0.15, 0.2) is 12.0 Å². The fourth-order valence-corrected chi connectivity index (χ4v) is 3.71. The second-order valence-corrected chi connectivity index (χ2v) is 7.13. The highest BCUT2D eigenvalue weighted by Gasteiger charge is 2.41. The second kappa shape index (κ2) is 7.17. The van der Waals surface area contributed by atoms with Crippen molar-refractivity contribution in [1.82, 2.24) is 10.2 Å². The average Bonchev–Trinajstić information content (AvgIpc) is 3.02. The summed E-state index contributed by atoms with van der Waals surface area (Å²) in [6.07, 6.45) is 11.8. The van der Waals surface area contributed by atoms with Gasteiger partial charge in [-0.25, -0.2) is 9.69 Å². The SMILES string of the molecule is O=C1O[C@@H](CC2(O)CCNCC2)CN1C1=COC=C(C2=CC=CCC2)O1. The van der Waals surface area contributed by atoms with Crippen molar-refractivity contribution in [1.29, 1.82) is 0 Å². The van der Waals surface area contributed by atoms with Crippen LogP contribution >= 0.6 is 0 Å². The molecule has 3 heterocycles. The average molecular weight is 360 g/mol. The first-order chi connectivity index (χ1) is 12.6. The van der Waals surface area contributed by atoms with E-state index >= 15 is 0 Å². The predicted octanol–water partition coefficient (Wildman–Crippen LogP) is 2.28. The minimum atomic E-state index is -0.783. The molecule has 1 amide bonds. The van der Waals surface area contributed by atoms with Crippen molar-refractivity contribution in [2.45, 2.75) is 43.8 Å². The van der Waals surface area contributed by atoms with Crippen molar-refractivity contribution >= 4 is 6.09 Å². The van der Waals surface area contributed by atoms with Crippen LogP contribution in [-0.2, 0) is 14.2 Å². The highest BCUT2D eigenvalue weighted by molar-refractivity contribution is 5.72. The van der Waals surface area contributed by atoms with Crippen LogP contribution in [0.2, 0.25) is 0 Å². The van der Waals surface area contributed by atoms with E-state index in [1.54, 1.807) is 6.26 Å². The van der Waals surface area contributed by atoms with Gasteiger partial charge in [0.25, 0.3) is 0 Å². The summed E-state index contributed by atoms with van der Waals surface area (Å²) in [5.41, 5.74) is 0.251. The number of cyclic esters (lactones) is 1. The van der Waals surface area contributed by atoms with Crippen LogP contribution in [0.4, 0.5) is 4.79 Å². The van der Waals surface area contributed by atoms with Crippen molar-refractivity contribution < 1.29 is 24.1 Å². The molecule has 1 aliphatic carbocycles. The standard InChI is InChI=1S/C19H24N2O5/c22-18-21(11-15(25-18)10-19(23)6-8-20-9-7-19)17-13-24-12-16(26-17)14-4-2-1-3-5-14/h1-2,4,12-13,15,20,23H,3,5-11H2/t15-/m0/s1. The van der Waals surface area contributed by atoms with E-state index in [0.29, 0.717) is 37.4 Å². The first kappa shape index (κ1) is 17.2. The number of nitrogens with one attached hydrogen (secondary N) is 1. The van der Waals surface area contributed by atoms with Crippen molar-refractivity contribution in [3.05, 3.63) is 48.0 Å². The Morgan fingerprint density at radius 3 is 2.92 bits per heavy atom. The van der Waals surface area contributed by atoms with Crippen LogP contribution in [-0.4, -0.2) is 47.4 Å². The van der Waals surface area contributed by atoms with E-state index in [1.807, 2.05) is 12.2 Å². The van der Waals surface area contributed by atoms with Gasteiger partial charge in [0.1, 0.15) is 12.4 Å². The molecule has 7 heteroatoms. The fourth-order valence-electron chi connectivity index (χ4n) is 3.71. The molecule has 0 aromatic heterocycles. The van der Waals surface area contributed by atoms with Crippen LogP contribution in [0.25, 0.3) is 0 Å². The van der Waals surface area contributed by atoms with Crippen molar-refractivity contribution in [2.24, 2.45) is 0 Å². The largest absolute Gasteiger partial charge is 0.463 e. The lowest BCUT2D eigenvalue weighted by atomic mass is 9.87. The molecule has 0 radical (unpaired) electrons. The van der Waals surface area contributed by atoms with Gasteiger partial charge in [-0.1, -0.05) is 18.2 Å². The molecule has 2 saturated heterocycles. The summed E-state index contributed by atoms with van der Waals surface area (Å²) in [5, 5.41) is 13.9. The van der Waals surface area contributed by atoms with E-state index in [4.69, 9.17) is 14.2 Å². The Morgan fingerprint density at radius 1 is 1.31 bits per heavy atom. The lowest BCUT2D eigenvalue weighted by molar-refractivity contribution is -0.0264.